The summed E-state index contributed by atoms with van der Waals surface area (Å²) in [6, 6.07) is 16.5. The fraction of sp³-hybridized carbons (Fsp3) is 0.227. The highest BCUT2D eigenvalue weighted by atomic mass is 32.2. The number of hydrogen-bond acceptors (Lipinski definition) is 5. The van der Waals surface area contributed by atoms with Crippen LogP contribution in [-0.4, -0.2) is 36.5 Å². The average Bonchev–Trinajstić information content (AvgIpc) is 3.37. The van der Waals surface area contributed by atoms with Crippen LogP contribution >= 0.6 is 0 Å². The molecule has 0 saturated heterocycles. The molecule has 0 bridgehead atoms. The maximum absolute atomic E-state index is 12.3. The Morgan fingerprint density at radius 1 is 1.06 bits per heavy atom. The van der Waals surface area contributed by atoms with Gasteiger partial charge < -0.3 is 5.32 Å². The number of nitrogens with zero attached hydrogens (tertiary/aromatic N) is 3. The van der Waals surface area contributed by atoms with Crippen LogP contribution in [0.4, 0.5) is 0 Å². The molecule has 0 unspecified atom stereocenters. The van der Waals surface area contributed by atoms with E-state index in [0.29, 0.717) is 43.9 Å². The number of aromatic nitrogens is 2. The molecule has 0 spiro atoms. The van der Waals surface area contributed by atoms with Crippen molar-refractivity contribution in [3.63, 3.8) is 0 Å². The van der Waals surface area contributed by atoms with Gasteiger partial charge in [0.15, 0.2) is 0 Å². The topological polar surface area (TPSA) is 105 Å². The molecule has 9 heteroatoms. The Kier molecular flexibility index (Phi) is 6.13. The molecule has 8 nitrogen and oxygen atoms in total. The van der Waals surface area contributed by atoms with Gasteiger partial charge in [-0.25, -0.2) is 8.42 Å². The van der Waals surface area contributed by atoms with E-state index in [9.17, 15) is 13.2 Å². The summed E-state index contributed by atoms with van der Waals surface area (Å²) in [6.07, 6.45) is 4.48. The average molecular weight is 438 g/mol. The molecule has 1 aliphatic rings. The van der Waals surface area contributed by atoms with Crippen molar-refractivity contribution < 1.29 is 13.2 Å². The Hall–Kier alpha value is -3.46. The number of amides is 1. The summed E-state index contributed by atoms with van der Waals surface area (Å²) in [6.45, 7) is 1.45. The number of fused-ring (bicyclic) bond motifs is 1. The highest BCUT2D eigenvalue weighted by molar-refractivity contribution is 7.90. The molecule has 1 amide bonds. The Labute approximate surface area is 181 Å². The van der Waals surface area contributed by atoms with Crippen LogP contribution in [0, 0.1) is 0 Å². The van der Waals surface area contributed by atoms with Gasteiger partial charge >= 0.3 is 0 Å². The van der Waals surface area contributed by atoms with Gasteiger partial charge in [0.1, 0.15) is 5.84 Å². The first kappa shape index (κ1) is 20.8. The van der Waals surface area contributed by atoms with Crippen LogP contribution in [0.25, 0.3) is 0 Å². The first-order valence-electron chi connectivity index (χ1n) is 10.0. The standard InChI is InChI=1S/C22H23N5O3S/c28-21(24-15-17-7-1-2-8-18(17)16-27-14-6-13-25-27)11-5-12-23-22-19-9-3-4-10-20(19)31(29,30)26-22/h1-4,6-10,13-14H,5,11-12,15-16H2,(H,23,26)(H,24,28). The lowest BCUT2D eigenvalue weighted by Crippen LogP contribution is -2.24. The normalized spacial score (nSPS) is 15.4. The maximum Gasteiger partial charge on any atom is 0.263 e. The maximum atomic E-state index is 12.3. The third kappa shape index (κ3) is 5.00. The van der Waals surface area contributed by atoms with E-state index in [2.05, 4.69) is 20.1 Å². The minimum absolute atomic E-state index is 0.0681. The van der Waals surface area contributed by atoms with Gasteiger partial charge in [0.25, 0.3) is 10.0 Å². The first-order chi connectivity index (χ1) is 15.0. The van der Waals surface area contributed by atoms with E-state index in [0.717, 1.165) is 11.1 Å². The number of carbonyl (C=O) groups is 1. The highest BCUT2D eigenvalue weighted by Gasteiger charge is 2.29. The predicted octanol–water partition coefficient (Wildman–Crippen LogP) is 2.07. The summed E-state index contributed by atoms with van der Waals surface area (Å²) < 4.78 is 28.5. The second-order valence-corrected chi connectivity index (χ2v) is 8.84. The van der Waals surface area contributed by atoms with Gasteiger partial charge in [-0.05, 0) is 35.7 Å². The lowest BCUT2D eigenvalue weighted by Gasteiger charge is -2.11. The van der Waals surface area contributed by atoms with Gasteiger partial charge in [-0.1, -0.05) is 36.4 Å². The zero-order chi connectivity index (χ0) is 21.7. The van der Waals surface area contributed by atoms with Gasteiger partial charge in [0.05, 0.1) is 11.4 Å². The number of carbonyl (C=O) groups excluding carboxylic acids is 1. The Balaban J connectivity index is 1.27. The summed E-state index contributed by atoms with van der Waals surface area (Å²) in [5.41, 5.74) is 2.72. The lowest BCUT2D eigenvalue weighted by atomic mass is 10.1. The largest absolute Gasteiger partial charge is 0.352 e. The van der Waals surface area contributed by atoms with E-state index in [1.165, 1.54) is 0 Å². The van der Waals surface area contributed by atoms with Crippen molar-refractivity contribution in [2.75, 3.05) is 6.54 Å². The van der Waals surface area contributed by atoms with E-state index in [4.69, 9.17) is 0 Å². The van der Waals surface area contributed by atoms with E-state index in [1.54, 1.807) is 30.5 Å². The Morgan fingerprint density at radius 2 is 1.84 bits per heavy atom. The number of aliphatic imine (C=N–C) groups is 1. The number of hydrogen-bond donors (Lipinski definition) is 2. The SMILES string of the molecule is O=C(CCCN=C1NS(=O)(=O)c2ccccc21)NCc1ccccc1Cn1cccn1. The molecule has 3 aromatic rings. The third-order valence-corrected chi connectivity index (χ3v) is 6.38. The molecule has 1 aromatic heterocycles. The molecule has 2 N–H and O–H groups in total. The van der Waals surface area contributed by atoms with Gasteiger partial charge in [-0.3, -0.25) is 19.2 Å². The Morgan fingerprint density at radius 3 is 2.65 bits per heavy atom. The van der Waals surface area contributed by atoms with Gasteiger partial charge in [-0.2, -0.15) is 5.10 Å². The van der Waals surface area contributed by atoms with Crippen molar-refractivity contribution in [2.45, 2.75) is 30.8 Å². The monoisotopic (exact) mass is 437 g/mol. The van der Waals surface area contributed by atoms with Crippen molar-refractivity contribution in [3.8, 4) is 0 Å². The molecule has 0 saturated carbocycles. The lowest BCUT2D eigenvalue weighted by molar-refractivity contribution is -0.121. The molecular weight excluding hydrogens is 414 g/mol. The third-order valence-electron chi connectivity index (χ3n) is 4.98. The highest BCUT2D eigenvalue weighted by Crippen LogP contribution is 2.22. The molecule has 160 valence electrons. The zero-order valence-corrected chi connectivity index (χ0v) is 17.7. The van der Waals surface area contributed by atoms with Crippen LogP contribution < -0.4 is 10.0 Å². The summed E-state index contributed by atoms with van der Waals surface area (Å²) in [5, 5.41) is 7.18. The summed E-state index contributed by atoms with van der Waals surface area (Å²) in [4.78, 5) is 16.8. The molecule has 0 atom stereocenters. The fourth-order valence-corrected chi connectivity index (χ4v) is 4.67. The van der Waals surface area contributed by atoms with Crippen LogP contribution in [0.15, 0.2) is 76.9 Å². The second-order valence-electron chi connectivity index (χ2n) is 7.18. The van der Waals surface area contributed by atoms with Gasteiger partial charge in [0.2, 0.25) is 5.91 Å². The Bertz CT molecular complexity index is 1200. The van der Waals surface area contributed by atoms with Crippen LogP contribution in [0.2, 0.25) is 0 Å². The summed E-state index contributed by atoms with van der Waals surface area (Å²) in [7, 11) is -3.54. The number of nitrogens with one attached hydrogen (secondary N) is 2. The summed E-state index contributed by atoms with van der Waals surface area (Å²) >= 11 is 0. The molecule has 0 fully saturated rings. The zero-order valence-electron chi connectivity index (χ0n) is 16.9. The van der Waals surface area contributed by atoms with Gasteiger partial charge in [-0.15, -0.1) is 0 Å². The van der Waals surface area contributed by atoms with E-state index < -0.39 is 10.0 Å². The minimum Gasteiger partial charge on any atom is -0.352 e. The van der Waals surface area contributed by atoms with Crippen molar-refractivity contribution in [2.24, 2.45) is 4.99 Å². The van der Waals surface area contributed by atoms with Crippen LogP contribution in [0.3, 0.4) is 0 Å². The van der Waals surface area contributed by atoms with Crippen LogP contribution in [0.5, 0.6) is 0 Å². The fourth-order valence-electron chi connectivity index (χ4n) is 3.42. The minimum atomic E-state index is -3.54. The molecule has 0 aliphatic carbocycles. The van der Waals surface area contributed by atoms with E-state index in [-0.39, 0.29) is 10.8 Å². The molecule has 4 rings (SSSR count). The number of amidine groups is 1. The second kappa shape index (κ2) is 9.13. The number of benzene rings is 2. The molecule has 31 heavy (non-hydrogen) atoms. The smallest absolute Gasteiger partial charge is 0.263 e. The van der Waals surface area contributed by atoms with E-state index in [1.807, 2.05) is 41.2 Å². The molecular formula is C22H23N5O3S. The van der Waals surface area contributed by atoms with Crippen LogP contribution in [-0.2, 0) is 27.9 Å². The number of sulfonamides is 1. The molecule has 2 aromatic carbocycles. The predicted molar refractivity (Wildman–Crippen MR) is 117 cm³/mol. The van der Waals surface area contributed by atoms with Crippen LogP contribution in [0.1, 0.15) is 29.5 Å². The molecule has 0 radical (unpaired) electrons. The van der Waals surface area contributed by atoms with Crippen molar-refractivity contribution in [3.05, 3.63) is 83.7 Å². The molecule has 1 aliphatic heterocycles. The van der Waals surface area contributed by atoms with Gasteiger partial charge in [0, 0.05) is 37.5 Å². The van der Waals surface area contributed by atoms with Crippen molar-refractivity contribution in [1.82, 2.24) is 19.8 Å². The van der Waals surface area contributed by atoms with Crippen molar-refractivity contribution in [1.29, 1.82) is 0 Å². The quantitative estimate of drug-likeness (QED) is 0.526. The van der Waals surface area contributed by atoms with E-state index >= 15 is 0 Å². The summed E-state index contributed by atoms with van der Waals surface area (Å²) in [5.74, 6) is 0.269. The molecule has 2 heterocycles. The first-order valence-corrected chi connectivity index (χ1v) is 11.5. The number of rotatable bonds is 8. The van der Waals surface area contributed by atoms with Crippen molar-refractivity contribution >= 4 is 21.8 Å².